The molecule has 0 radical (unpaired) electrons. The third-order valence-corrected chi connectivity index (χ3v) is 2.35. The fourth-order valence-corrected chi connectivity index (χ4v) is 1.43. The summed E-state index contributed by atoms with van der Waals surface area (Å²) in [5, 5.41) is 3.64. The van der Waals surface area contributed by atoms with Crippen molar-refractivity contribution in [1.82, 2.24) is 10.1 Å². The van der Waals surface area contributed by atoms with E-state index in [1.165, 1.54) is 13.3 Å². The molecule has 0 unspecified atom stereocenters. The molecule has 1 heterocycles. The molecule has 0 amide bonds. The van der Waals surface area contributed by atoms with Crippen molar-refractivity contribution in [3.63, 3.8) is 0 Å². The van der Waals surface area contributed by atoms with Crippen molar-refractivity contribution in [2.45, 2.75) is 20.5 Å². The number of ether oxygens (including phenoxy) is 1. The molecule has 0 bridgehead atoms. The van der Waals surface area contributed by atoms with Gasteiger partial charge in [0, 0.05) is 5.56 Å². The summed E-state index contributed by atoms with van der Waals surface area (Å²) in [6, 6.07) is 5.31. The summed E-state index contributed by atoms with van der Waals surface area (Å²) < 4.78 is 10.1. The van der Waals surface area contributed by atoms with Crippen LogP contribution < -0.4 is 4.74 Å². The van der Waals surface area contributed by atoms with Crippen LogP contribution in [0.15, 0.2) is 29.1 Å². The fraction of sp³-hybridized carbons (Fsp3) is 0.250. The second-order valence-corrected chi connectivity index (χ2v) is 3.67. The van der Waals surface area contributed by atoms with Crippen LogP contribution in [0.25, 0.3) is 0 Å². The molecule has 0 fully saturated rings. The van der Waals surface area contributed by atoms with E-state index in [-0.39, 0.29) is 12.4 Å². The first kappa shape index (κ1) is 11.3. The van der Waals surface area contributed by atoms with Crippen LogP contribution in [0, 0.1) is 6.92 Å². The van der Waals surface area contributed by atoms with Crippen LogP contribution in [-0.4, -0.2) is 15.9 Å². The molecule has 1 aromatic heterocycles. The average Bonchev–Trinajstić information content (AvgIpc) is 2.80. The Bertz CT molecular complexity index is 521. The number of hydrogen-bond acceptors (Lipinski definition) is 5. The number of benzene rings is 1. The number of aryl methyl sites for hydroxylation is 1. The van der Waals surface area contributed by atoms with E-state index in [0.29, 0.717) is 17.1 Å². The number of hydrogen-bond donors (Lipinski definition) is 0. The highest BCUT2D eigenvalue weighted by atomic mass is 16.5. The van der Waals surface area contributed by atoms with Gasteiger partial charge in [0.1, 0.15) is 5.75 Å². The summed E-state index contributed by atoms with van der Waals surface area (Å²) in [7, 11) is 0. The van der Waals surface area contributed by atoms with Crippen LogP contribution in [-0.2, 0) is 6.61 Å². The largest absolute Gasteiger partial charge is 0.485 e. The predicted molar refractivity (Wildman–Crippen MR) is 59.8 cm³/mol. The Morgan fingerprint density at radius 1 is 1.47 bits per heavy atom. The predicted octanol–water partition coefficient (Wildman–Crippen LogP) is 2.16. The number of carbonyl (C=O) groups is 1. The lowest BCUT2D eigenvalue weighted by atomic mass is 10.1. The maximum absolute atomic E-state index is 11.2. The molecule has 0 aliphatic carbocycles. The van der Waals surface area contributed by atoms with Gasteiger partial charge >= 0.3 is 0 Å². The third kappa shape index (κ3) is 2.69. The molecule has 1 aromatic carbocycles. The minimum absolute atomic E-state index is 0.0396. The Kier molecular flexibility index (Phi) is 3.18. The highest BCUT2D eigenvalue weighted by Gasteiger charge is 2.06. The van der Waals surface area contributed by atoms with Crippen LogP contribution in [0.4, 0.5) is 0 Å². The normalized spacial score (nSPS) is 10.2. The Morgan fingerprint density at radius 3 is 2.88 bits per heavy atom. The summed E-state index contributed by atoms with van der Waals surface area (Å²) in [5.74, 6) is 1.23. The lowest BCUT2D eigenvalue weighted by Crippen LogP contribution is -2.00. The Morgan fingerprint density at radius 2 is 2.29 bits per heavy atom. The number of carbonyl (C=O) groups excluding carboxylic acids is 1. The van der Waals surface area contributed by atoms with Crippen LogP contribution in [0.5, 0.6) is 5.75 Å². The van der Waals surface area contributed by atoms with E-state index in [9.17, 15) is 4.79 Å². The molecule has 0 saturated carbocycles. The van der Waals surface area contributed by atoms with Crippen molar-refractivity contribution < 1.29 is 14.1 Å². The monoisotopic (exact) mass is 232 g/mol. The van der Waals surface area contributed by atoms with Crippen molar-refractivity contribution in [1.29, 1.82) is 0 Å². The number of Topliss-reactive ketones (excluding diaryl/α,β-unsaturated/α-hetero) is 1. The van der Waals surface area contributed by atoms with Gasteiger partial charge in [0.15, 0.2) is 12.4 Å². The lowest BCUT2D eigenvalue weighted by molar-refractivity contribution is 0.101. The van der Waals surface area contributed by atoms with Gasteiger partial charge in [-0.1, -0.05) is 5.16 Å². The molecule has 0 aliphatic rings. The molecule has 2 aromatic rings. The van der Waals surface area contributed by atoms with Gasteiger partial charge in [-0.25, -0.2) is 0 Å². The summed E-state index contributed by atoms with van der Waals surface area (Å²) in [6.07, 6.45) is 1.25. The third-order valence-electron chi connectivity index (χ3n) is 2.35. The molecule has 0 spiro atoms. The molecule has 0 atom stereocenters. The Hall–Kier alpha value is -2.17. The molecule has 17 heavy (non-hydrogen) atoms. The molecular formula is C12H12N2O3. The van der Waals surface area contributed by atoms with Crippen LogP contribution in [0.3, 0.4) is 0 Å². The molecule has 0 aliphatic heterocycles. The summed E-state index contributed by atoms with van der Waals surface area (Å²) in [6.45, 7) is 3.67. The van der Waals surface area contributed by atoms with Gasteiger partial charge in [-0.3, -0.25) is 4.79 Å². The molecule has 88 valence electrons. The minimum atomic E-state index is 0.0396. The van der Waals surface area contributed by atoms with E-state index >= 15 is 0 Å². The maximum Gasteiger partial charge on any atom is 0.213 e. The first-order valence-electron chi connectivity index (χ1n) is 5.16. The first-order chi connectivity index (χ1) is 8.16. The van der Waals surface area contributed by atoms with Gasteiger partial charge in [-0.05, 0) is 37.6 Å². The van der Waals surface area contributed by atoms with Crippen molar-refractivity contribution in [3.05, 3.63) is 41.5 Å². The highest BCUT2D eigenvalue weighted by molar-refractivity contribution is 5.94. The molecule has 5 heteroatoms. The van der Waals surface area contributed by atoms with Crippen molar-refractivity contribution >= 4 is 5.78 Å². The van der Waals surface area contributed by atoms with Crippen molar-refractivity contribution in [3.8, 4) is 5.75 Å². The lowest BCUT2D eigenvalue weighted by Gasteiger charge is -2.07. The van der Waals surface area contributed by atoms with Gasteiger partial charge in [-0.15, -0.1) is 0 Å². The van der Waals surface area contributed by atoms with E-state index in [2.05, 4.69) is 14.7 Å². The Balaban J connectivity index is 2.09. The smallest absolute Gasteiger partial charge is 0.213 e. The zero-order valence-electron chi connectivity index (χ0n) is 9.64. The maximum atomic E-state index is 11.2. The van der Waals surface area contributed by atoms with E-state index in [4.69, 9.17) is 4.74 Å². The average molecular weight is 232 g/mol. The number of nitrogens with zero attached hydrogens (tertiary/aromatic N) is 2. The Labute approximate surface area is 98.4 Å². The molecule has 2 rings (SSSR count). The summed E-state index contributed by atoms with van der Waals surface area (Å²) >= 11 is 0. The summed E-state index contributed by atoms with van der Waals surface area (Å²) in [5.41, 5.74) is 1.58. The molecule has 0 N–H and O–H groups in total. The van der Waals surface area contributed by atoms with Crippen LogP contribution in [0.1, 0.15) is 28.7 Å². The van der Waals surface area contributed by atoms with Gasteiger partial charge in [0.05, 0.1) is 0 Å². The summed E-state index contributed by atoms with van der Waals surface area (Å²) in [4.78, 5) is 15.0. The second-order valence-electron chi connectivity index (χ2n) is 3.67. The zero-order chi connectivity index (χ0) is 12.3. The molecule has 5 nitrogen and oxygen atoms in total. The second kappa shape index (κ2) is 4.78. The molecule has 0 saturated heterocycles. The fourth-order valence-electron chi connectivity index (χ4n) is 1.43. The SMILES string of the molecule is CC(=O)c1ccc(OCc2ncon2)c(C)c1. The van der Waals surface area contributed by atoms with Crippen LogP contribution >= 0.6 is 0 Å². The standard InChI is InChI=1S/C12H12N2O3/c1-8-5-10(9(2)15)3-4-11(8)16-6-12-13-7-17-14-12/h3-5,7H,6H2,1-2H3. The number of rotatable bonds is 4. The molecular weight excluding hydrogens is 220 g/mol. The highest BCUT2D eigenvalue weighted by Crippen LogP contribution is 2.20. The first-order valence-corrected chi connectivity index (χ1v) is 5.16. The van der Waals surface area contributed by atoms with Crippen LogP contribution in [0.2, 0.25) is 0 Å². The van der Waals surface area contributed by atoms with E-state index < -0.39 is 0 Å². The number of aromatic nitrogens is 2. The van der Waals surface area contributed by atoms with Crippen molar-refractivity contribution in [2.75, 3.05) is 0 Å². The van der Waals surface area contributed by atoms with Gasteiger partial charge in [0.2, 0.25) is 12.2 Å². The van der Waals surface area contributed by atoms with E-state index in [1.807, 2.05) is 6.92 Å². The topological polar surface area (TPSA) is 65.2 Å². The van der Waals surface area contributed by atoms with E-state index in [0.717, 1.165) is 5.56 Å². The quantitative estimate of drug-likeness (QED) is 0.756. The number of ketones is 1. The van der Waals surface area contributed by atoms with Gasteiger partial charge in [-0.2, -0.15) is 4.98 Å². The zero-order valence-corrected chi connectivity index (χ0v) is 9.64. The minimum Gasteiger partial charge on any atom is -0.485 e. The van der Waals surface area contributed by atoms with Crippen molar-refractivity contribution in [2.24, 2.45) is 0 Å². The van der Waals surface area contributed by atoms with Gasteiger partial charge in [0.25, 0.3) is 0 Å². The van der Waals surface area contributed by atoms with E-state index in [1.54, 1.807) is 18.2 Å². The van der Waals surface area contributed by atoms with Gasteiger partial charge < -0.3 is 9.26 Å².